The zero-order valence-electron chi connectivity index (χ0n) is 21.2. The SMILES string of the molecule is CCCCCCCCCCC/C=C/CC/C=C/C=C/[C@@H](O)CCCCCCCC(=O)OC. The number of rotatable bonds is 23. The lowest BCUT2D eigenvalue weighted by atomic mass is 10.1. The van der Waals surface area contributed by atoms with E-state index in [1.54, 1.807) is 0 Å². The topological polar surface area (TPSA) is 46.5 Å². The number of ether oxygens (including phenoxy) is 1. The van der Waals surface area contributed by atoms with E-state index in [-0.39, 0.29) is 12.1 Å². The fraction of sp³-hybridized carbons (Fsp3) is 0.759. The Morgan fingerprint density at radius 2 is 1.28 bits per heavy atom. The fourth-order valence-corrected chi connectivity index (χ4v) is 3.72. The summed E-state index contributed by atoms with van der Waals surface area (Å²) in [7, 11) is 1.43. The zero-order chi connectivity index (χ0) is 23.5. The van der Waals surface area contributed by atoms with Gasteiger partial charge in [-0.1, -0.05) is 120 Å². The second-order valence-corrected chi connectivity index (χ2v) is 8.93. The van der Waals surface area contributed by atoms with Crippen LogP contribution in [0.3, 0.4) is 0 Å². The number of esters is 1. The van der Waals surface area contributed by atoms with E-state index in [0.717, 1.165) is 51.4 Å². The number of allylic oxidation sites excluding steroid dienone is 5. The van der Waals surface area contributed by atoms with Gasteiger partial charge in [-0.05, 0) is 38.5 Å². The molecule has 0 bridgehead atoms. The molecule has 0 saturated heterocycles. The van der Waals surface area contributed by atoms with Crippen LogP contribution in [0.1, 0.15) is 129 Å². The van der Waals surface area contributed by atoms with Gasteiger partial charge < -0.3 is 9.84 Å². The molecule has 0 unspecified atom stereocenters. The summed E-state index contributed by atoms with van der Waals surface area (Å²) in [6.07, 6.45) is 34.8. The van der Waals surface area contributed by atoms with Crippen LogP contribution >= 0.6 is 0 Å². The largest absolute Gasteiger partial charge is 0.469 e. The molecule has 0 aromatic rings. The highest BCUT2D eigenvalue weighted by Crippen LogP contribution is 2.11. The van der Waals surface area contributed by atoms with Gasteiger partial charge >= 0.3 is 5.97 Å². The third-order valence-electron chi connectivity index (χ3n) is 5.83. The van der Waals surface area contributed by atoms with Gasteiger partial charge in [-0.2, -0.15) is 0 Å². The number of hydrogen-bond acceptors (Lipinski definition) is 3. The number of carbonyl (C=O) groups is 1. The van der Waals surface area contributed by atoms with Crippen molar-refractivity contribution in [2.75, 3.05) is 7.11 Å². The third kappa shape index (κ3) is 24.9. The highest BCUT2D eigenvalue weighted by Gasteiger charge is 2.01. The quantitative estimate of drug-likeness (QED) is 0.0736. The van der Waals surface area contributed by atoms with Gasteiger partial charge in [0.25, 0.3) is 0 Å². The van der Waals surface area contributed by atoms with E-state index in [0.29, 0.717) is 6.42 Å². The molecule has 0 aliphatic rings. The number of unbranched alkanes of at least 4 members (excludes halogenated alkanes) is 14. The lowest BCUT2D eigenvalue weighted by molar-refractivity contribution is -0.140. The minimum atomic E-state index is -0.356. The van der Waals surface area contributed by atoms with E-state index >= 15 is 0 Å². The Bertz CT molecular complexity index is 479. The molecule has 0 heterocycles. The average molecular weight is 449 g/mol. The molecule has 0 saturated carbocycles. The summed E-state index contributed by atoms with van der Waals surface area (Å²) in [6.45, 7) is 2.28. The molecular formula is C29H52O3. The smallest absolute Gasteiger partial charge is 0.305 e. The van der Waals surface area contributed by atoms with E-state index in [4.69, 9.17) is 0 Å². The van der Waals surface area contributed by atoms with Crippen LogP contribution in [0, 0.1) is 0 Å². The molecule has 186 valence electrons. The van der Waals surface area contributed by atoms with Crippen LogP contribution in [0.2, 0.25) is 0 Å². The Morgan fingerprint density at radius 1 is 0.719 bits per heavy atom. The summed E-state index contributed by atoms with van der Waals surface area (Å²) >= 11 is 0. The first-order valence-electron chi connectivity index (χ1n) is 13.4. The van der Waals surface area contributed by atoms with Gasteiger partial charge in [-0.3, -0.25) is 4.79 Å². The van der Waals surface area contributed by atoms with Crippen LogP contribution in [-0.2, 0) is 9.53 Å². The highest BCUT2D eigenvalue weighted by atomic mass is 16.5. The first-order valence-corrected chi connectivity index (χ1v) is 13.4. The number of hydrogen-bond donors (Lipinski definition) is 1. The van der Waals surface area contributed by atoms with Crippen molar-refractivity contribution in [3.63, 3.8) is 0 Å². The second-order valence-electron chi connectivity index (χ2n) is 8.93. The van der Waals surface area contributed by atoms with E-state index in [1.165, 1.54) is 71.3 Å². The summed E-state index contributed by atoms with van der Waals surface area (Å²) in [5.74, 6) is -0.122. The van der Waals surface area contributed by atoms with Crippen LogP contribution in [0.15, 0.2) is 36.5 Å². The van der Waals surface area contributed by atoms with Crippen LogP contribution in [0.4, 0.5) is 0 Å². The van der Waals surface area contributed by atoms with Crippen molar-refractivity contribution in [3.05, 3.63) is 36.5 Å². The first-order chi connectivity index (χ1) is 15.7. The van der Waals surface area contributed by atoms with Crippen LogP contribution in [-0.4, -0.2) is 24.3 Å². The molecule has 0 amide bonds. The van der Waals surface area contributed by atoms with Gasteiger partial charge in [0.05, 0.1) is 13.2 Å². The molecule has 0 aromatic carbocycles. The van der Waals surface area contributed by atoms with Gasteiger partial charge in [0.1, 0.15) is 0 Å². The molecule has 3 nitrogen and oxygen atoms in total. The Balaban J connectivity index is 3.42. The normalized spacial score (nSPS) is 13.0. The zero-order valence-corrected chi connectivity index (χ0v) is 21.2. The van der Waals surface area contributed by atoms with Crippen molar-refractivity contribution in [1.29, 1.82) is 0 Å². The standard InChI is InChI=1S/C29H52O3/c1-3-4-5-6-7-8-9-10-11-12-13-14-15-16-17-19-22-25-28(30)26-23-20-18-21-24-27-29(31)32-2/h13-14,17,19,22,25,28,30H,3-12,15-16,18,20-21,23-24,26-27H2,1-2H3/b14-13+,19-17+,25-22+/t28-/m1/s1. The molecule has 1 N–H and O–H groups in total. The second kappa shape index (κ2) is 25.9. The van der Waals surface area contributed by atoms with Crippen LogP contribution in [0.25, 0.3) is 0 Å². The molecule has 0 radical (unpaired) electrons. The molecular weight excluding hydrogens is 396 g/mol. The number of aliphatic hydroxyl groups excluding tert-OH is 1. The summed E-state index contributed by atoms with van der Waals surface area (Å²) in [6, 6.07) is 0. The maximum Gasteiger partial charge on any atom is 0.305 e. The van der Waals surface area contributed by atoms with Crippen molar-refractivity contribution in [2.24, 2.45) is 0 Å². The third-order valence-corrected chi connectivity index (χ3v) is 5.83. The fourth-order valence-electron chi connectivity index (χ4n) is 3.72. The van der Waals surface area contributed by atoms with Gasteiger partial charge in [0.15, 0.2) is 0 Å². The lowest BCUT2D eigenvalue weighted by Crippen LogP contribution is -2.01. The van der Waals surface area contributed by atoms with Gasteiger partial charge in [0.2, 0.25) is 0 Å². The monoisotopic (exact) mass is 448 g/mol. The first kappa shape index (κ1) is 30.6. The molecule has 0 aromatic heterocycles. The Labute approximate surface area is 199 Å². The van der Waals surface area contributed by atoms with Gasteiger partial charge in [0, 0.05) is 6.42 Å². The van der Waals surface area contributed by atoms with E-state index in [2.05, 4.69) is 29.9 Å². The van der Waals surface area contributed by atoms with E-state index in [1.807, 2.05) is 18.2 Å². The van der Waals surface area contributed by atoms with E-state index in [9.17, 15) is 9.90 Å². The van der Waals surface area contributed by atoms with Crippen LogP contribution < -0.4 is 0 Å². The predicted octanol–water partition coefficient (Wildman–Crippen LogP) is 8.62. The molecule has 0 aliphatic heterocycles. The summed E-state index contributed by atoms with van der Waals surface area (Å²) < 4.78 is 4.63. The maximum atomic E-state index is 11.0. The average Bonchev–Trinajstić information content (AvgIpc) is 2.80. The highest BCUT2D eigenvalue weighted by molar-refractivity contribution is 5.68. The maximum absolute atomic E-state index is 11.0. The molecule has 0 aliphatic carbocycles. The van der Waals surface area contributed by atoms with Gasteiger partial charge in [-0.25, -0.2) is 0 Å². The predicted molar refractivity (Wildman–Crippen MR) is 139 cm³/mol. The Morgan fingerprint density at radius 3 is 1.97 bits per heavy atom. The molecule has 3 heteroatoms. The molecule has 0 rings (SSSR count). The minimum Gasteiger partial charge on any atom is -0.469 e. The summed E-state index contributed by atoms with van der Waals surface area (Å²) in [5.41, 5.74) is 0. The van der Waals surface area contributed by atoms with E-state index < -0.39 is 0 Å². The Kier molecular flexibility index (Phi) is 24.8. The number of methoxy groups -OCH3 is 1. The Hall–Kier alpha value is -1.35. The van der Waals surface area contributed by atoms with Crippen molar-refractivity contribution < 1.29 is 14.6 Å². The molecule has 0 fully saturated rings. The van der Waals surface area contributed by atoms with Gasteiger partial charge in [-0.15, -0.1) is 0 Å². The summed E-state index contributed by atoms with van der Waals surface area (Å²) in [4.78, 5) is 11.0. The minimum absolute atomic E-state index is 0.122. The van der Waals surface area contributed by atoms with Crippen molar-refractivity contribution in [3.8, 4) is 0 Å². The lowest BCUT2D eigenvalue weighted by Gasteiger charge is -2.05. The molecule has 1 atom stereocenters. The van der Waals surface area contributed by atoms with Crippen molar-refractivity contribution in [2.45, 2.75) is 135 Å². The number of carbonyl (C=O) groups excluding carboxylic acids is 1. The number of aliphatic hydroxyl groups is 1. The summed E-state index contributed by atoms with van der Waals surface area (Å²) in [5, 5.41) is 9.99. The van der Waals surface area contributed by atoms with Crippen LogP contribution in [0.5, 0.6) is 0 Å². The molecule has 32 heavy (non-hydrogen) atoms. The van der Waals surface area contributed by atoms with Crippen molar-refractivity contribution in [1.82, 2.24) is 0 Å². The van der Waals surface area contributed by atoms with Crippen molar-refractivity contribution >= 4 is 5.97 Å². The molecule has 0 spiro atoms.